The highest BCUT2D eigenvalue weighted by atomic mass is 19.3. The van der Waals surface area contributed by atoms with E-state index in [9.17, 15) is 13.6 Å². The molecule has 1 atom stereocenters. The van der Waals surface area contributed by atoms with Gasteiger partial charge in [0.2, 0.25) is 11.8 Å². The predicted molar refractivity (Wildman–Crippen MR) is 106 cm³/mol. The van der Waals surface area contributed by atoms with E-state index in [-0.39, 0.29) is 11.6 Å². The molecule has 0 aromatic carbocycles. The van der Waals surface area contributed by atoms with Crippen molar-refractivity contribution in [1.82, 2.24) is 20.4 Å². The molecule has 10 heteroatoms. The van der Waals surface area contributed by atoms with Crippen LogP contribution in [0.2, 0.25) is 0 Å². The van der Waals surface area contributed by atoms with Crippen molar-refractivity contribution in [3.05, 3.63) is 29.5 Å². The number of carbonyl (C=O) groups excluding carboxylic acids is 1. The quantitative estimate of drug-likeness (QED) is 0.650. The summed E-state index contributed by atoms with van der Waals surface area (Å²) in [6.07, 6.45) is 4.36. The molecule has 0 radical (unpaired) electrons. The Hall–Kier alpha value is -2.78. The van der Waals surface area contributed by atoms with Gasteiger partial charge in [0.1, 0.15) is 0 Å². The number of rotatable bonds is 9. The number of halogens is 2. The molecule has 1 N–H and O–H groups in total. The SMILES string of the molecule is Cc1nc([C@H](CNC(=O)c2nc(OCC3CC3)ccc2N2CC(F)(F)C2)C2CC2)no1. The van der Waals surface area contributed by atoms with Crippen LogP contribution in [-0.2, 0) is 0 Å². The van der Waals surface area contributed by atoms with Crippen LogP contribution in [0.3, 0.4) is 0 Å². The first kappa shape index (κ1) is 20.1. The van der Waals surface area contributed by atoms with Gasteiger partial charge in [0.15, 0.2) is 11.5 Å². The van der Waals surface area contributed by atoms with Gasteiger partial charge >= 0.3 is 0 Å². The number of hydrogen-bond donors (Lipinski definition) is 1. The smallest absolute Gasteiger partial charge is 0.282 e. The maximum absolute atomic E-state index is 13.4. The minimum Gasteiger partial charge on any atom is -0.477 e. The molecule has 3 fully saturated rings. The van der Waals surface area contributed by atoms with Gasteiger partial charge in [-0.1, -0.05) is 5.16 Å². The summed E-state index contributed by atoms with van der Waals surface area (Å²) in [6, 6.07) is 3.28. The molecule has 1 saturated heterocycles. The van der Waals surface area contributed by atoms with Crippen molar-refractivity contribution in [3.63, 3.8) is 0 Å². The van der Waals surface area contributed by atoms with E-state index >= 15 is 0 Å². The number of nitrogens with zero attached hydrogens (tertiary/aromatic N) is 4. The summed E-state index contributed by atoms with van der Waals surface area (Å²) in [4.78, 5) is 23.2. The maximum Gasteiger partial charge on any atom is 0.282 e. The Morgan fingerprint density at radius 1 is 1.29 bits per heavy atom. The third kappa shape index (κ3) is 4.62. The maximum atomic E-state index is 13.4. The molecule has 166 valence electrons. The van der Waals surface area contributed by atoms with Crippen molar-refractivity contribution in [1.29, 1.82) is 0 Å². The summed E-state index contributed by atoms with van der Waals surface area (Å²) in [5, 5.41) is 6.91. The number of nitrogens with one attached hydrogen (secondary N) is 1. The van der Waals surface area contributed by atoms with Gasteiger partial charge in [0.25, 0.3) is 11.8 Å². The van der Waals surface area contributed by atoms with Crippen LogP contribution in [0.1, 0.15) is 53.8 Å². The Morgan fingerprint density at radius 3 is 2.68 bits per heavy atom. The molecule has 3 heterocycles. The topological polar surface area (TPSA) is 93.4 Å². The van der Waals surface area contributed by atoms with Crippen LogP contribution in [0.5, 0.6) is 5.88 Å². The van der Waals surface area contributed by atoms with Gasteiger partial charge in [-0.2, -0.15) is 4.98 Å². The number of aryl methyl sites for hydroxylation is 1. The summed E-state index contributed by atoms with van der Waals surface area (Å²) < 4.78 is 37.7. The van der Waals surface area contributed by atoms with Crippen LogP contribution >= 0.6 is 0 Å². The molecular formula is C21H25F2N5O3. The summed E-state index contributed by atoms with van der Waals surface area (Å²) >= 11 is 0. The standard InChI is InChI=1S/C21H25F2N5O3/c1-12-25-19(27-31-12)15(14-4-5-14)8-24-20(29)18-16(28-10-21(22,23)11-28)6-7-17(26-18)30-9-13-2-3-13/h6-7,13-15H,2-5,8-11H2,1H3,(H,24,29)/t15-/m1/s1. The van der Waals surface area contributed by atoms with Crippen molar-refractivity contribution in [2.45, 2.75) is 44.4 Å². The van der Waals surface area contributed by atoms with E-state index in [1.165, 1.54) is 4.90 Å². The minimum absolute atomic E-state index is 0.0486. The van der Waals surface area contributed by atoms with E-state index in [0.717, 1.165) is 25.7 Å². The van der Waals surface area contributed by atoms with Gasteiger partial charge in [-0.05, 0) is 43.6 Å². The normalized spacial score (nSPS) is 20.8. The lowest BCUT2D eigenvalue weighted by molar-refractivity contribution is -0.0263. The molecule has 2 aromatic rings. The van der Waals surface area contributed by atoms with E-state index in [1.807, 2.05) is 0 Å². The third-order valence-electron chi connectivity index (χ3n) is 5.96. The fourth-order valence-corrected chi connectivity index (χ4v) is 3.83. The van der Waals surface area contributed by atoms with Gasteiger partial charge in [0, 0.05) is 25.5 Å². The highest BCUT2D eigenvalue weighted by molar-refractivity contribution is 5.98. The highest BCUT2D eigenvalue weighted by Gasteiger charge is 2.45. The van der Waals surface area contributed by atoms with Gasteiger partial charge in [0.05, 0.1) is 25.4 Å². The molecule has 2 saturated carbocycles. The lowest BCUT2D eigenvalue weighted by atomic mass is 10.0. The molecule has 3 aliphatic rings. The Balaban J connectivity index is 1.32. The molecule has 0 spiro atoms. The average Bonchev–Trinajstić information content (AvgIpc) is 3.64. The Morgan fingerprint density at radius 2 is 2.06 bits per heavy atom. The van der Waals surface area contributed by atoms with Crippen LogP contribution in [0.4, 0.5) is 14.5 Å². The molecule has 8 nitrogen and oxygen atoms in total. The fraction of sp³-hybridized carbons (Fsp3) is 0.619. The number of pyridine rings is 1. The Labute approximate surface area is 178 Å². The zero-order valence-electron chi connectivity index (χ0n) is 17.3. The highest BCUT2D eigenvalue weighted by Crippen LogP contribution is 2.41. The molecule has 2 aliphatic carbocycles. The molecule has 0 unspecified atom stereocenters. The summed E-state index contributed by atoms with van der Waals surface area (Å²) in [6.45, 7) is 1.75. The lowest BCUT2D eigenvalue weighted by Crippen LogP contribution is -2.57. The molecule has 31 heavy (non-hydrogen) atoms. The second-order valence-corrected chi connectivity index (χ2v) is 8.81. The second kappa shape index (κ2) is 7.72. The van der Waals surface area contributed by atoms with Crippen molar-refractivity contribution < 1.29 is 22.8 Å². The number of anilines is 1. The van der Waals surface area contributed by atoms with Gasteiger partial charge in [-0.15, -0.1) is 0 Å². The number of amides is 1. The van der Waals surface area contributed by atoms with Crippen LogP contribution in [-0.4, -0.2) is 53.2 Å². The summed E-state index contributed by atoms with van der Waals surface area (Å²) in [5.41, 5.74) is 0.489. The van der Waals surface area contributed by atoms with Crippen molar-refractivity contribution in [2.75, 3.05) is 31.1 Å². The number of hydrogen-bond acceptors (Lipinski definition) is 7. The minimum atomic E-state index is -2.75. The zero-order valence-corrected chi connectivity index (χ0v) is 17.3. The molecule has 2 aromatic heterocycles. The lowest BCUT2D eigenvalue weighted by Gasteiger charge is -2.40. The molecule has 1 amide bonds. The number of aromatic nitrogens is 3. The predicted octanol–water partition coefficient (Wildman–Crippen LogP) is 2.94. The first-order chi connectivity index (χ1) is 14.9. The van der Waals surface area contributed by atoms with Gasteiger partial charge in [-0.3, -0.25) is 4.79 Å². The first-order valence-electron chi connectivity index (χ1n) is 10.7. The largest absolute Gasteiger partial charge is 0.477 e. The van der Waals surface area contributed by atoms with Crippen LogP contribution in [0.25, 0.3) is 0 Å². The summed E-state index contributed by atoms with van der Waals surface area (Å²) in [7, 11) is 0. The van der Waals surface area contributed by atoms with Crippen LogP contribution in [0, 0.1) is 18.8 Å². The van der Waals surface area contributed by atoms with Crippen LogP contribution < -0.4 is 15.0 Å². The van der Waals surface area contributed by atoms with E-state index in [2.05, 4.69) is 20.4 Å². The molecule has 0 bridgehead atoms. The molecule has 5 rings (SSSR count). The van der Waals surface area contributed by atoms with Gasteiger partial charge < -0.3 is 19.5 Å². The Bertz CT molecular complexity index is 966. The van der Waals surface area contributed by atoms with E-state index in [1.54, 1.807) is 19.1 Å². The number of alkyl halides is 2. The monoisotopic (exact) mass is 433 g/mol. The second-order valence-electron chi connectivity index (χ2n) is 8.81. The van der Waals surface area contributed by atoms with E-state index in [4.69, 9.17) is 9.26 Å². The van der Waals surface area contributed by atoms with Crippen molar-refractivity contribution in [3.8, 4) is 5.88 Å². The van der Waals surface area contributed by atoms with Gasteiger partial charge in [-0.25, -0.2) is 13.8 Å². The Kier molecular flexibility index (Phi) is 5.02. The third-order valence-corrected chi connectivity index (χ3v) is 5.96. The van der Waals surface area contributed by atoms with Crippen molar-refractivity contribution in [2.24, 2.45) is 11.8 Å². The van der Waals surface area contributed by atoms with E-state index in [0.29, 0.717) is 48.3 Å². The van der Waals surface area contributed by atoms with Crippen molar-refractivity contribution >= 4 is 11.6 Å². The van der Waals surface area contributed by atoms with E-state index < -0.39 is 24.9 Å². The first-order valence-corrected chi connectivity index (χ1v) is 10.7. The van der Waals surface area contributed by atoms with Crippen LogP contribution in [0.15, 0.2) is 16.7 Å². The fourth-order valence-electron chi connectivity index (χ4n) is 3.83. The molecule has 1 aliphatic heterocycles. The summed E-state index contributed by atoms with van der Waals surface area (Å²) in [5.74, 6) is -0.895. The average molecular weight is 433 g/mol. The number of ether oxygens (including phenoxy) is 1. The molecular weight excluding hydrogens is 408 g/mol. The number of carbonyl (C=O) groups is 1. The zero-order chi connectivity index (χ0) is 21.6.